The predicted octanol–water partition coefficient (Wildman–Crippen LogP) is 9.31. The van der Waals surface area contributed by atoms with Crippen LogP contribution in [0.1, 0.15) is 44.8 Å². The number of nitriles is 4. The Morgan fingerprint density at radius 3 is 0.963 bits per heavy atom. The van der Waals surface area contributed by atoms with Crippen LogP contribution in [-0.2, 0) is 24.7 Å². The van der Waals surface area contributed by atoms with E-state index >= 15 is 0 Å². The molecule has 8 nitrogen and oxygen atoms in total. The van der Waals surface area contributed by atoms with Crippen molar-refractivity contribution < 1.29 is 52.7 Å². The van der Waals surface area contributed by atoms with Crippen molar-refractivity contribution in [3.05, 3.63) is 92.3 Å². The molecule has 3 aromatic carbocycles. The summed E-state index contributed by atoms with van der Waals surface area (Å²) < 4.78 is 169. The van der Waals surface area contributed by atoms with E-state index in [1.165, 1.54) is 24.3 Å². The second-order valence-corrected chi connectivity index (χ2v) is 11.5. The van der Waals surface area contributed by atoms with E-state index in [2.05, 4.69) is 19.9 Å². The van der Waals surface area contributed by atoms with E-state index < -0.39 is 114 Å². The standard InChI is InChI=1S/C34H6F12N8/c35-31(36,37)13-1-15-23(11(7-47)8-48)27-29(25(15)17(3-13)33(41,42)43)53-21-6-20-22(5-19(21)51-27)54-30-26-16(24(28(30)52-20)12(9-49)10-50)2-14(32(38,39)40)4-18(26)34(44,45)46/h1-6H. The Labute approximate surface area is 290 Å². The second-order valence-electron chi connectivity index (χ2n) is 11.5. The van der Waals surface area contributed by atoms with Gasteiger partial charge in [0, 0.05) is 22.3 Å². The first kappa shape index (κ1) is 35.3. The number of halogens is 12. The van der Waals surface area contributed by atoms with E-state index in [0.29, 0.717) is 12.1 Å². The Hall–Kier alpha value is -7.06. The van der Waals surface area contributed by atoms with Gasteiger partial charge in [-0.2, -0.15) is 73.7 Å². The van der Waals surface area contributed by atoms with Gasteiger partial charge in [-0.05, 0) is 47.5 Å². The van der Waals surface area contributed by atoms with Crippen LogP contribution in [0.4, 0.5) is 52.7 Å². The minimum absolute atomic E-state index is 0.183. The highest BCUT2D eigenvalue weighted by molar-refractivity contribution is 6.07. The van der Waals surface area contributed by atoms with E-state index in [1.807, 2.05) is 0 Å². The summed E-state index contributed by atoms with van der Waals surface area (Å²) in [7, 11) is 0. The summed E-state index contributed by atoms with van der Waals surface area (Å²) in [5.41, 5.74) is -18.1. The third-order valence-electron chi connectivity index (χ3n) is 8.42. The molecule has 54 heavy (non-hydrogen) atoms. The maximum atomic E-state index is 14.3. The minimum atomic E-state index is -5.44. The Morgan fingerprint density at radius 2 is 0.704 bits per heavy atom. The summed E-state index contributed by atoms with van der Waals surface area (Å²) in [6.07, 6.45) is -21.5. The molecule has 266 valence electrons. The third kappa shape index (κ3) is 5.22. The zero-order valence-corrected chi connectivity index (χ0v) is 25.6. The van der Waals surface area contributed by atoms with Crippen LogP contribution in [0.2, 0.25) is 0 Å². The van der Waals surface area contributed by atoms with Gasteiger partial charge < -0.3 is 0 Å². The minimum Gasteiger partial charge on any atom is -0.244 e. The average molecular weight is 754 g/mol. The SMILES string of the molecule is N#CC(C#N)=C1c2cc(C(F)(F)F)cc(C(F)(F)F)c2-c2nc3cc4nc5c(nc4cc3nc21)-c1c(cc(C(F)(F)F)cc1C(F)(F)F)C5=C(C#N)C#N. The van der Waals surface area contributed by atoms with Crippen molar-refractivity contribution in [1.29, 1.82) is 21.0 Å². The number of aromatic nitrogens is 4. The summed E-state index contributed by atoms with van der Waals surface area (Å²) in [6.45, 7) is 0. The van der Waals surface area contributed by atoms with Gasteiger partial charge in [0.15, 0.2) is 0 Å². The van der Waals surface area contributed by atoms with Crippen LogP contribution in [-0.4, -0.2) is 19.9 Å². The van der Waals surface area contributed by atoms with Gasteiger partial charge >= 0.3 is 24.7 Å². The van der Waals surface area contributed by atoms with Gasteiger partial charge in [-0.25, -0.2) is 19.9 Å². The van der Waals surface area contributed by atoms with Crippen molar-refractivity contribution in [3.8, 4) is 46.8 Å². The van der Waals surface area contributed by atoms with E-state index in [9.17, 15) is 73.7 Å². The first-order valence-electron chi connectivity index (χ1n) is 14.4. The first-order valence-corrected chi connectivity index (χ1v) is 14.4. The molecule has 2 heterocycles. The Morgan fingerprint density at radius 1 is 0.407 bits per heavy atom. The molecule has 0 spiro atoms. The van der Waals surface area contributed by atoms with Crippen LogP contribution in [0.25, 0.3) is 55.7 Å². The maximum absolute atomic E-state index is 14.3. The molecule has 0 bridgehead atoms. The summed E-state index contributed by atoms with van der Waals surface area (Å²) in [5.74, 6) is 0. The Bertz CT molecular complexity index is 2590. The van der Waals surface area contributed by atoms with Crippen LogP contribution in [0, 0.1) is 45.3 Å². The molecule has 7 rings (SSSR count). The van der Waals surface area contributed by atoms with Gasteiger partial charge in [0.05, 0.1) is 67.1 Å². The first-order chi connectivity index (χ1) is 25.1. The Kier molecular flexibility index (Phi) is 7.34. The fourth-order valence-electron chi connectivity index (χ4n) is 6.30. The molecule has 0 fully saturated rings. The molecule has 0 aliphatic heterocycles. The zero-order chi connectivity index (χ0) is 39.4. The molecule has 0 unspecified atom stereocenters. The lowest BCUT2D eigenvalue weighted by Gasteiger charge is -2.16. The highest BCUT2D eigenvalue weighted by Crippen LogP contribution is 2.54. The van der Waals surface area contributed by atoms with Crippen molar-refractivity contribution >= 4 is 33.2 Å². The van der Waals surface area contributed by atoms with Gasteiger partial charge in [-0.15, -0.1) is 0 Å². The van der Waals surface area contributed by atoms with Crippen molar-refractivity contribution in [2.75, 3.05) is 0 Å². The predicted molar refractivity (Wildman–Crippen MR) is 158 cm³/mol. The number of fused-ring (bicyclic) bond motifs is 8. The molecule has 2 aliphatic carbocycles. The van der Waals surface area contributed by atoms with Crippen LogP contribution >= 0.6 is 0 Å². The third-order valence-corrected chi connectivity index (χ3v) is 8.42. The quantitative estimate of drug-likeness (QED) is 0.0846. The van der Waals surface area contributed by atoms with E-state index in [1.54, 1.807) is 0 Å². The molecule has 0 N–H and O–H groups in total. The number of hydrogen-bond acceptors (Lipinski definition) is 8. The Balaban J connectivity index is 1.58. The summed E-state index contributed by atoms with van der Waals surface area (Å²) >= 11 is 0. The smallest absolute Gasteiger partial charge is 0.244 e. The van der Waals surface area contributed by atoms with E-state index in [-0.39, 0.29) is 34.2 Å². The molecular weight excluding hydrogens is 748 g/mol. The monoisotopic (exact) mass is 754 g/mol. The fraction of sp³-hybridized carbons (Fsp3) is 0.118. The van der Waals surface area contributed by atoms with E-state index in [0.717, 1.165) is 12.1 Å². The fourth-order valence-corrected chi connectivity index (χ4v) is 6.30. The van der Waals surface area contributed by atoms with Gasteiger partial charge in [-0.1, -0.05) is 0 Å². The molecule has 5 aromatic rings. The molecule has 2 aromatic heterocycles. The number of alkyl halides is 12. The van der Waals surface area contributed by atoms with Gasteiger partial charge in [0.2, 0.25) is 0 Å². The normalized spacial score (nSPS) is 13.4. The largest absolute Gasteiger partial charge is 0.417 e. The van der Waals surface area contributed by atoms with Gasteiger partial charge in [0.25, 0.3) is 0 Å². The van der Waals surface area contributed by atoms with E-state index in [4.69, 9.17) is 0 Å². The summed E-state index contributed by atoms with van der Waals surface area (Å²) in [4.78, 5) is 16.7. The topological polar surface area (TPSA) is 147 Å². The molecular formula is C34H6F12N8. The highest BCUT2D eigenvalue weighted by Gasteiger charge is 2.46. The van der Waals surface area contributed by atoms with Crippen molar-refractivity contribution in [3.63, 3.8) is 0 Å². The van der Waals surface area contributed by atoms with Crippen molar-refractivity contribution in [1.82, 2.24) is 19.9 Å². The van der Waals surface area contributed by atoms with Crippen molar-refractivity contribution in [2.24, 2.45) is 0 Å². The number of rotatable bonds is 0. The lowest BCUT2D eigenvalue weighted by Crippen LogP contribution is -2.13. The molecule has 0 saturated heterocycles. The van der Waals surface area contributed by atoms with Crippen molar-refractivity contribution in [2.45, 2.75) is 24.7 Å². The van der Waals surface area contributed by atoms with Crippen LogP contribution in [0.3, 0.4) is 0 Å². The number of allylic oxidation sites excluding steroid dienone is 2. The molecule has 20 heteroatoms. The van der Waals surface area contributed by atoms with Crippen LogP contribution in [0.15, 0.2) is 47.5 Å². The van der Waals surface area contributed by atoms with Crippen LogP contribution in [0.5, 0.6) is 0 Å². The zero-order valence-electron chi connectivity index (χ0n) is 25.6. The lowest BCUT2D eigenvalue weighted by molar-refractivity contribution is -0.144. The number of nitrogens with zero attached hydrogens (tertiary/aromatic N) is 8. The molecule has 0 atom stereocenters. The maximum Gasteiger partial charge on any atom is 0.417 e. The average Bonchev–Trinajstić information content (AvgIpc) is 3.56. The highest BCUT2D eigenvalue weighted by atomic mass is 19.4. The number of benzene rings is 3. The molecule has 2 aliphatic rings. The molecule has 0 saturated carbocycles. The van der Waals surface area contributed by atoms with Gasteiger partial charge in [-0.3, -0.25) is 0 Å². The number of hydrogen-bond donors (Lipinski definition) is 0. The molecule has 0 radical (unpaired) electrons. The molecule has 0 amide bonds. The van der Waals surface area contributed by atoms with Crippen LogP contribution < -0.4 is 0 Å². The van der Waals surface area contributed by atoms with Gasteiger partial charge in [0.1, 0.15) is 35.4 Å². The lowest BCUT2D eigenvalue weighted by atomic mass is 9.95. The summed E-state index contributed by atoms with van der Waals surface area (Å²) in [6, 6.07) is 7.86. The second kappa shape index (κ2) is 11.2. The summed E-state index contributed by atoms with van der Waals surface area (Å²) in [5, 5.41) is 38.5.